The van der Waals surface area contributed by atoms with E-state index in [1.54, 1.807) is 0 Å². The van der Waals surface area contributed by atoms with Gasteiger partial charge in [-0.25, -0.2) is 13.8 Å². The number of amides is 1. The van der Waals surface area contributed by atoms with Gasteiger partial charge < -0.3 is 4.90 Å². The van der Waals surface area contributed by atoms with Gasteiger partial charge >= 0.3 is 0 Å². The second kappa shape index (κ2) is 7.25. The summed E-state index contributed by atoms with van der Waals surface area (Å²) in [6.07, 6.45) is 0. The number of anilines is 1. The van der Waals surface area contributed by atoms with Gasteiger partial charge in [0.25, 0.3) is 5.91 Å². The summed E-state index contributed by atoms with van der Waals surface area (Å²) in [6.45, 7) is 0.937. The maximum atomic E-state index is 14.1. The highest BCUT2D eigenvalue weighted by molar-refractivity contribution is 7.22. The van der Waals surface area contributed by atoms with E-state index in [2.05, 4.69) is 4.98 Å². The molecule has 0 bridgehead atoms. The van der Waals surface area contributed by atoms with Crippen molar-refractivity contribution in [3.8, 4) is 0 Å². The summed E-state index contributed by atoms with van der Waals surface area (Å²) in [6, 6.07) is 10.5. The van der Waals surface area contributed by atoms with Crippen LogP contribution in [0.2, 0.25) is 0 Å². The molecule has 0 saturated carbocycles. The Kier molecular flexibility index (Phi) is 5.06. The number of halogens is 2. The van der Waals surface area contributed by atoms with Crippen LogP contribution in [-0.4, -0.2) is 43.0 Å². The van der Waals surface area contributed by atoms with Gasteiger partial charge in [-0.2, -0.15) is 0 Å². The van der Waals surface area contributed by atoms with E-state index in [1.165, 1.54) is 22.3 Å². The van der Waals surface area contributed by atoms with Crippen LogP contribution in [0.3, 0.4) is 0 Å². The van der Waals surface area contributed by atoms with E-state index in [9.17, 15) is 13.6 Å². The first-order valence-electron chi connectivity index (χ1n) is 7.73. The van der Waals surface area contributed by atoms with Crippen LogP contribution < -0.4 is 4.90 Å². The van der Waals surface area contributed by atoms with Crippen molar-refractivity contribution in [1.29, 1.82) is 0 Å². The average molecular weight is 361 g/mol. The Balaban J connectivity index is 2.00. The molecule has 1 amide bonds. The third-order valence-corrected chi connectivity index (χ3v) is 4.75. The van der Waals surface area contributed by atoms with Crippen LogP contribution in [-0.2, 0) is 0 Å². The van der Waals surface area contributed by atoms with Gasteiger partial charge in [-0.05, 0) is 38.4 Å². The van der Waals surface area contributed by atoms with Crippen LogP contribution in [0.4, 0.5) is 13.9 Å². The van der Waals surface area contributed by atoms with Gasteiger partial charge in [0.1, 0.15) is 11.6 Å². The molecule has 1 heterocycles. The highest BCUT2D eigenvalue weighted by Gasteiger charge is 2.24. The fraction of sp³-hybridized carbons (Fsp3) is 0.222. The molecule has 1 aromatic heterocycles. The van der Waals surface area contributed by atoms with E-state index < -0.39 is 17.5 Å². The van der Waals surface area contributed by atoms with Gasteiger partial charge in [-0.3, -0.25) is 9.69 Å². The van der Waals surface area contributed by atoms with Crippen molar-refractivity contribution >= 4 is 32.6 Å². The average Bonchev–Trinajstić information content (AvgIpc) is 2.98. The molecule has 130 valence electrons. The zero-order valence-corrected chi connectivity index (χ0v) is 14.7. The number of aromatic nitrogens is 1. The maximum absolute atomic E-state index is 14.1. The largest absolute Gasteiger partial charge is 0.308 e. The van der Waals surface area contributed by atoms with Crippen molar-refractivity contribution in [3.05, 3.63) is 59.7 Å². The van der Waals surface area contributed by atoms with Crippen LogP contribution in [0.15, 0.2) is 42.5 Å². The van der Waals surface area contributed by atoms with Crippen molar-refractivity contribution in [2.75, 3.05) is 32.1 Å². The van der Waals surface area contributed by atoms with Gasteiger partial charge in [0.15, 0.2) is 5.13 Å². The third kappa shape index (κ3) is 3.83. The van der Waals surface area contributed by atoms with Gasteiger partial charge in [-0.1, -0.05) is 23.5 Å². The van der Waals surface area contributed by atoms with Gasteiger partial charge in [0, 0.05) is 19.2 Å². The monoisotopic (exact) mass is 361 g/mol. The Morgan fingerprint density at radius 1 is 1.12 bits per heavy atom. The minimum atomic E-state index is -0.874. The quantitative estimate of drug-likeness (QED) is 0.694. The summed E-state index contributed by atoms with van der Waals surface area (Å²) in [5.41, 5.74) is 0.615. The van der Waals surface area contributed by atoms with Crippen molar-refractivity contribution in [2.45, 2.75) is 0 Å². The first kappa shape index (κ1) is 17.4. The third-order valence-electron chi connectivity index (χ3n) is 3.69. The second-order valence-corrected chi connectivity index (χ2v) is 6.86. The molecule has 0 unspecified atom stereocenters. The van der Waals surface area contributed by atoms with Crippen molar-refractivity contribution in [3.63, 3.8) is 0 Å². The molecule has 0 radical (unpaired) electrons. The van der Waals surface area contributed by atoms with E-state index in [4.69, 9.17) is 0 Å². The van der Waals surface area contributed by atoms with E-state index in [0.29, 0.717) is 18.2 Å². The Labute approximate surface area is 148 Å². The fourth-order valence-corrected chi connectivity index (χ4v) is 3.36. The molecule has 2 aromatic carbocycles. The smallest absolute Gasteiger partial charge is 0.263 e. The Bertz CT molecular complexity index is 877. The summed E-state index contributed by atoms with van der Waals surface area (Å²) >= 11 is 1.37. The molecule has 0 aliphatic carbocycles. The number of rotatable bonds is 5. The molecule has 3 rings (SSSR count). The van der Waals surface area contributed by atoms with Crippen LogP contribution in [0.5, 0.6) is 0 Å². The zero-order chi connectivity index (χ0) is 18.0. The number of carbonyl (C=O) groups is 1. The maximum Gasteiger partial charge on any atom is 0.263 e. The SMILES string of the molecule is CN(C)CCN(C(=O)c1ccc(F)cc1F)c1nc2ccccc2s1. The summed E-state index contributed by atoms with van der Waals surface area (Å²) in [5.74, 6) is -2.12. The molecule has 7 heteroatoms. The van der Waals surface area contributed by atoms with Crippen LogP contribution >= 0.6 is 11.3 Å². The van der Waals surface area contributed by atoms with E-state index in [0.717, 1.165) is 22.3 Å². The molecule has 0 spiro atoms. The number of carbonyl (C=O) groups excluding carboxylic acids is 1. The molecule has 4 nitrogen and oxygen atoms in total. The molecule has 0 aliphatic rings. The van der Waals surface area contributed by atoms with E-state index in [1.807, 2.05) is 43.3 Å². The minimum absolute atomic E-state index is 0.167. The Morgan fingerprint density at radius 2 is 1.88 bits per heavy atom. The number of para-hydroxylation sites is 1. The lowest BCUT2D eigenvalue weighted by atomic mass is 10.2. The van der Waals surface area contributed by atoms with Crippen LogP contribution in [0.1, 0.15) is 10.4 Å². The predicted octanol–water partition coefficient (Wildman–Crippen LogP) is 3.78. The highest BCUT2D eigenvalue weighted by Crippen LogP contribution is 2.29. The molecular weight excluding hydrogens is 344 g/mol. The number of hydrogen-bond donors (Lipinski definition) is 0. The van der Waals surface area contributed by atoms with Gasteiger partial charge in [-0.15, -0.1) is 0 Å². The summed E-state index contributed by atoms with van der Waals surface area (Å²) in [5, 5.41) is 0.497. The highest BCUT2D eigenvalue weighted by atomic mass is 32.1. The van der Waals surface area contributed by atoms with E-state index >= 15 is 0 Å². The van der Waals surface area contributed by atoms with Gasteiger partial charge in [0.2, 0.25) is 0 Å². The normalized spacial score (nSPS) is 11.2. The first-order chi connectivity index (χ1) is 12.0. The first-order valence-corrected chi connectivity index (χ1v) is 8.54. The summed E-state index contributed by atoms with van der Waals surface area (Å²) in [7, 11) is 3.78. The predicted molar refractivity (Wildman–Crippen MR) is 96.2 cm³/mol. The molecule has 0 saturated heterocycles. The standard InChI is InChI=1S/C18H17F2N3OS/c1-22(2)9-10-23(17(24)13-8-7-12(19)11-14(13)20)18-21-15-5-3-4-6-16(15)25-18/h3-8,11H,9-10H2,1-2H3. The molecule has 0 N–H and O–H groups in total. The lowest BCUT2D eigenvalue weighted by Gasteiger charge is -2.22. The summed E-state index contributed by atoms with van der Waals surface area (Å²) in [4.78, 5) is 20.7. The Morgan fingerprint density at radius 3 is 2.56 bits per heavy atom. The molecule has 25 heavy (non-hydrogen) atoms. The fourth-order valence-electron chi connectivity index (χ4n) is 2.37. The minimum Gasteiger partial charge on any atom is -0.308 e. The van der Waals surface area contributed by atoms with Crippen molar-refractivity contribution in [2.24, 2.45) is 0 Å². The molecular formula is C18H17F2N3OS. The van der Waals surface area contributed by atoms with E-state index in [-0.39, 0.29) is 5.56 Å². The van der Waals surface area contributed by atoms with Crippen LogP contribution in [0.25, 0.3) is 10.2 Å². The molecule has 3 aromatic rings. The van der Waals surface area contributed by atoms with Crippen LogP contribution in [0, 0.1) is 11.6 Å². The second-order valence-electron chi connectivity index (χ2n) is 5.85. The Hall–Kier alpha value is -2.38. The molecule has 0 atom stereocenters. The van der Waals surface area contributed by atoms with Crippen molar-refractivity contribution < 1.29 is 13.6 Å². The number of benzene rings is 2. The molecule has 0 aliphatic heterocycles. The molecule has 0 fully saturated rings. The number of likely N-dealkylation sites (N-methyl/N-ethyl adjacent to an activating group) is 1. The van der Waals surface area contributed by atoms with Gasteiger partial charge in [0.05, 0.1) is 15.8 Å². The zero-order valence-electron chi connectivity index (χ0n) is 13.9. The summed E-state index contributed by atoms with van der Waals surface area (Å²) < 4.78 is 28.2. The lowest BCUT2D eigenvalue weighted by Crippen LogP contribution is -2.37. The number of fused-ring (bicyclic) bond motifs is 1. The number of nitrogens with zero attached hydrogens (tertiary/aromatic N) is 3. The number of hydrogen-bond acceptors (Lipinski definition) is 4. The van der Waals surface area contributed by atoms with Crippen molar-refractivity contribution in [1.82, 2.24) is 9.88 Å². The lowest BCUT2D eigenvalue weighted by molar-refractivity contribution is 0.0981. The number of thiazole rings is 1. The topological polar surface area (TPSA) is 36.4 Å².